The van der Waals surface area contributed by atoms with Crippen molar-refractivity contribution >= 4 is 33.2 Å². The van der Waals surface area contributed by atoms with Crippen molar-refractivity contribution in [1.29, 1.82) is 0 Å². The fraction of sp³-hybridized carbons (Fsp3) is 0.480. The molecule has 8 heteroatoms. The van der Waals surface area contributed by atoms with Crippen molar-refractivity contribution in [3.63, 3.8) is 0 Å². The molecule has 2 fully saturated rings. The van der Waals surface area contributed by atoms with Gasteiger partial charge in [-0.2, -0.15) is 4.31 Å². The molecule has 2 aliphatic rings. The summed E-state index contributed by atoms with van der Waals surface area (Å²) in [5, 5.41) is 3.58. The summed E-state index contributed by atoms with van der Waals surface area (Å²) < 4.78 is 27.5. The summed E-state index contributed by atoms with van der Waals surface area (Å²) in [5.74, 6) is -0.463. The topological polar surface area (TPSA) is 69.7 Å². The lowest BCUT2D eigenvalue weighted by atomic mass is 9.97. The third-order valence-electron chi connectivity index (χ3n) is 6.68. The summed E-state index contributed by atoms with van der Waals surface area (Å²) in [6.07, 6.45) is 5.11. The number of piperidine rings is 2. The van der Waals surface area contributed by atoms with Crippen LogP contribution in [0.5, 0.6) is 0 Å². The van der Waals surface area contributed by atoms with Crippen LogP contribution in [-0.4, -0.2) is 44.8 Å². The summed E-state index contributed by atoms with van der Waals surface area (Å²) in [6, 6.07) is 14.4. The Kier molecular flexibility index (Phi) is 7.62. The van der Waals surface area contributed by atoms with Crippen molar-refractivity contribution in [2.24, 2.45) is 5.92 Å². The number of hydrogen-bond acceptors (Lipinski definition) is 4. The standard InChI is InChI=1S/C25H32ClN3O3S/c1-19(20-7-11-23(12-8-20)28-15-3-2-4-16-28)27-25(30)21-6-5-17-29(18-21)33(31,32)24-13-9-22(26)10-14-24/h7-14,19,21H,2-6,15-18H2,1H3,(H,27,30)/t19-,21-/m1/s1. The van der Waals surface area contributed by atoms with E-state index in [0.29, 0.717) is 24.4 Å². The minimum absolute atomic E-state index is 0.0985. The van der Waals surface area contributed by atoms with Gasteiger partial charge in [-0.3, -0.25) is 4.79 Å². The molecule has 33 heavy (non-hydrogen) atoms. The van der Waals surface area contributed by atoms with Gasteiger partial charge in [0.05, 0.1) is 16.9 Å². The minimum Gasteiger partial charge on any atom is -0.372 e. The Bertz CT molecular complexity index is 1050. The van der Waals surface area contributed by atoms with Crippen LogP contribution in [0.3, 0.4) is 0 Å². The fourth-order valence-electron chi connectivity index (χ4n) is 4.67. The Hall–Kier alpha value is -2.09. The number of nitrogens with zero attached hydrogens (tertiary/aromatic N) is 2. The molecular formula is C25H32ClN3O3S. The quantitative estimate of drug-likeness (QED) is 0.643. The van der Waals surface area contributed by atoms with Crippen molar-refractivity contribution in [3.8, 4) is 0 Å². The molecule has 0 aromatic heterocycles. The number of anilines is 1. The first-order valence-electron chi connectivity index (χ1n) is 11.8. The van der Waals surface area contributed by atoms with Crippen LogP contribution in [0.2, 0.25) is 5.02 Å². The van der Waals surface area contributed by atoms with Crippen molar-refractivity contribution in [2.75, 3.05) is 31.1 Å². The van der Waals surface area contributed by atoms with E-state index >= 15 is 0 Å². The molecule has 4 rings (SSSR count). The molecule has 1 amide bonds. The highest BCUT2D eigenvalue weighted by molar-refractivity contribution is 7.89. The smallest absolute Gasteiger partial charge is 0.243 e. The van der Waals surface area contributed by atoms with Crippen molar-refractivity contribution in [2.45, 2.75) is 50.0 Å². The fourth-order valence-corrected chi connectivity index (χ4v) is 6.32. The molecule has 2 aliphatic heterocycles. The monoisotopic (exact) mass is 489 g/mol. The van der Waals surface area contributed by atoms with Gasteiger partial charge >= 0.3 is 0 Å². The molecule has 0 spiro atoms. The van der Waals surface area contributed by atoms with Crippen LogP contribution in [0.4, 0.5) is 5.69 Å². The van der Waals surface area contributed by atoms with E-state index in [1.165, 1.54) is 41.4 Å². The first kappa shape index (κ1) is 24.0. The number of hydrogen-bond donors (Lipinski definition) is 1. The highest BCUT2D eigenvalue weighted by Gasteiger charge is 2.33. The average Bonchev–Trinajstić information content (AvgIpc) is 2.85. The Labute approximate surface area is 202 Å². The Balaban J connectivity index is 1.37. The second-order valence-corrected chi connectivity index (χ2v) is 11.4. The van der Waals surface area contributed by atoms with Crippen LogP contribution in [-0.2, 0) is 14.8 Å². The lowest BCUT2D eigenvalue weighted by Gasteiger charge is -2.32. The molecule has 2 atom stereocenters. The van der Waals surface area contributed by atoms with Gasteiger partial charge in [0.1, 0.15) is 0 Å². The zero-order chi connectivity index (χ0) is 23.4. The highest BCUT2D eigenvalue weighted by atomic mass is 35.5. The van der Waals surface area contributed by atoms with E-state index in [9.17, 15) is 13.2 Å². The van der Waals surface area contributed by atoms with E-state index in [4.69, 9.17) is 11.6 Å². The van der Waals surface area contributed by atoms with Crippen LogP contribution >= 0.6 is 11.6 Å². The minimum atomic E-state index is -3.65. The number of amides is 1. The van der Waals surface area contributed by atoms with Gasteiger partial charge in [-0.1, -0.05) is 23.7 Å². The lowest BCUT2D eigenvalue weighted by Crippen LogP contribution is -2.45. The first-order valence-corrected chi connectivity index (χ1v) is 13.6. The number of carbonyl (C=O) groups is 1. The molecule has 0 radical (unpaired) electrons. The molecule has 0 bridgehead atoms. The highest BCUT2D eigenvalue weighted by Crippen LogP contribution is 2.26. The van der Waals surface area contributed by atoms with E-state index in [1.54, 1.807) is 12.1 Å². The molecule has 0 saturated carbocycles. The van der Waals surface area contributed by atoms with Gasteiger partial charge < -0.3 is 10.2 Å². The molecule has 2 saturated heterocycles. The third-order valence-corrected chi connectivity index (χ3v) is 8.81. The average molecular weight is 490 g/mol. The zero-order valence-electron chi connectivity index (χ0n) is 19.0. The van der Waals surface area contributed by atoms with Crippen molar-refractivity contribution in [3.05, 3.63) is 59.1 Å². The SMILES string of the molecule is C[C@@H](NC(=O)[C@@H]1CCCN(S(=O)(=O)c2ccc(Cl)cc2)C1)c1ccc(N2CCCCC2)cc1. The maximum atomic E-state index is 13.0. The van der Waals surface area contributed by atoms with E-state index in [-0.39, 0.29) is 29.3 Å². The van der Waals surface area contributed by atoms with Gasteiger partial charge in [0.25, 0.3) is 0 Å². The van der Waals surface area contributed by atoms with Crippen LogP contribution in [0.15, 0.2) is 53.4 Å². The Morgan fingerprint density at radius 1 is 0.970 bits per heavy atom. The molecular weight excluding hydrogens is 458 g/mol. The largest absolute Gasteiger partial charge is 0.372 e. The Morgan fingerprint density at radius 3 is 2.30 bits per heavy atom. The number of carbonyl (C=O) groups excluding carboxylic acids is 1. The summed E-state index contributed by atoms with van der Waals surface area (Å²) >= 11 is 5.90. The van der Waals surface area contributed by atoms with Gasteiger partial charge in [0.15, 0.2) is 0 Å². The summed E-state index contributed by atoms with van der Waals surface area (Å²) in [6.45, 7) is 4.78. The number of halogens is 1. The van der Waals surface area contributed by atoms with Gasteiger partial charge in [0.2, 0.25) is 15.9 Å². The van der Waals surface area contributed by atoms with Gasteiger partial charge in [-0.15, -0.1) is 0 Å². The zero-order valence-corrected chi connectivity index (χ0v) is 20.6. The number of sulfonamides is 1. The first-order chi connectivity index (χ1) is 15.8. The van der Waals surface area contributed by atoms with Crippen LogP contribution in [0.25, 0.3) is 0 Å². The maximum Gasteiger partial charge on any atom is 0.243 e. The summed E-state index contributed by atoms with van der Waals surface area (Å²) in [7, 11) is -3.65. The van der Waals surface area contributed by atoms with E-state index in [0.717, 1.165) is 18.7 Å². The van der Waals surface area contributed by atoms with Crippen LogP contribution in [0.1, 0.15) is 50.6 Å². The Morgan fingerprint density at radius 2 is 1.64 bits per heavy atom. The maximum absolute atomic E-state index is 13.0. The van der Waals surface area contributed by atoms with E-state index in [1.807, 2.05) is 6.92 Å². The molecule has 2 aromatic carbocycles. The molecule has 0 unspecified atom stereocenters. The molecule has 6 nitrogen and oxygen atoms in total. The molecule has 1 N–H and O–H groups in total. The third kappa shape index (κ3) is 5.70. The van der Waals surface area contributed by atoms with Crippen LogP contribution < -0.4 is 10.2 Å². The second kappa shape index (κ2) is 10.5. The number of benzene rings is 2. The summed E-state index contributed by atoms with van der Waals surface area (Å²) in [5.41, 5.74) is 2.28. The molecule has 2 heterocycles. The van der Waals surface area contributed by atoms with E-state index in [2.05, 4.69) is 34.5 Å². The van der Waals surface area contributed by atoms with Crippen molar-refractivity contribution in [1.82, 2.24) is 9.62 Å². The summed E-state index contributed by atoms with van der Waals surface area (Å²) in [4.78, 5) is 15.6. The number of nitrogens with one attached hydrogen (secondary N) is 1. The molecule has 2 aromatic rings. The second-order valence-electron chi connectivity index (χ2n) is 9.03. The molecule has 0 aliphatic carbocycles. The number of rotatable bonds is 6. The predicted octanol–water partition coefficient (Wildman–Crippen LogP) is 4.61. The lowest BCUT2D eigenvalue weighted by molar-refractivity contribution is -0.126. The van der Waals surface area contributed by atoms with Crippen molar-refractivity contribution < 1.29 is 13.2 Å². The van der Waals surface area contributed by atoms with E-state index < -0.39 is 10.0 Å². The normalized spacial score (nSPS) is 20.9. The van der Waals surface area contributed by atoms with Gasteiger partial charge in [-0.25, -0.2) is 8.42 Å². The van der Waals surface area contributed by atoms with Gasteiger partial charge in [-0.05, 0) is 81.0 Å². The predicted molar refractivity (Wildman–Crippen MR) is 132 cm³/mol. The van der Waals surface area contributed by atoms with Gasteiger partial charge in [0, 0.05) is 36.9 Å². The molecule has 178 valence electrons. The van der Waals surface area contributed by atoms with Crippen LogP contribution in [0, 0.1) is 5.92 Å².